The number of hydrogen-bond donors (Lipinski definition) is 1. The van der Waals surface area contributed by atoms with Gasteiger partial charge in [-0.05, 0) is 33.0 Å². The summed E-state index contributed by atoms with van der Waals surface area (Å²) in [5.74, 6) is 0. The zero-order chi connectivity index (χ0) is 12.0. The number of aryl methyl sites for hydroxylation is 1. The molecule has 0 aliphatic carbocycles. The highest BCUT2D eigenvalue weighted by molar-refractivity contribution is 7.09. The van der Waals surface area contributed by atoms with Crippen LogP contribution in [0.15, 0.2) is 5.38 Å². The summed E-state index contributed by atoms with van der Waals surface area (Å²) in [7, 11) is 0. The molecule has 0 spiro atoms. The van der Waals surface area contributed by atoms with E-state index in [0.29, 0.717) is 0 Å². The maximum absolute atomic E-state index is 6.11. The Kier molecular flexibility index (Phi) is 5.95. The van der Waals surface area contributed by atoms with Crippen LogP contribution in [0, 0.1) is 6.92 Å². The van der Waals surface area contributed by atoms with Gasteiger partial charge < -0.3 is 10.6 Å². The molecule has 0 amide bonds. The van der Waals surface area contributed by atoms with E-state index in [2.05, 4.69) is 29.1 Å². The molecule has 0 aliphatic rings. The van der Waals surface area contributed by atoms with Crippen LogP contribution in [0.25, 0.3) is 0 Å². The summed E-state index contributed by atoms with van der Waals surface area (Å²) >= 11 is 1.72. The molecule has 1 rings (SSSR count). The van der Waals surface area contributed by atoms with E-state index in [-0.39, 0.29) is 6.04 Å². The minimum absolute atomic E-state index is 0.242. The quantitative estimate of drug-likeness (QED) is 0.794. The van der Waals surface area contributed by atoms with Crippen LogP contribution < -0.4 is 5.73 Å². The summed E-state index contributed by atoms with van der Waals surface area (Å²) in [6, 6.07) is 0.242. The van der Waals surface area contributed by atoms with Crippen molar-refractivity contribution in [1.29, 1.82) is 0 Å². The van der Waals surface area contributed by atoms with E-state index in [9.17, 15) is 0 Å². The van der Waals surface area contributed by atoms with E-state index in [4.69, 9.17) is 5.73 Å². The molecule has 4 heteroatoms. The van der Waals surface area contributed by atoms with Crippen molar-refractivity contribution in [2.24, 2.45) is 5.73 Å². The number of thiazole rings is 1. The Morgan fingerprint density at radius 2 is 2.12 bits per heavy atom. The summed E-state index contributed by atoms with van der Waals surface area (Å²) in [6.07, 6.45) is 1.97. The van der Waals surface area contributed by atoms with Gasteiger partial charge >= 0.3 is 0 Å². The summed E-state index contributed by atoms with van der Waals surface area (Å²) in [6.45, 7) is 9.73. The molecule has 0 aromatic carbocycles. The Hall–Kier alpha value is -0.450. The molecule has 1 atom stereocenters. The van der Waals surface area contributed by atoms with Crippen molar-refractivity contribution in [3.63, 3.8) is 0 Å². The monoisotopic (exact) mass is 241 g/mol. The molecule has 0 aliphatic heterocycles. The second kappa shape index (κ2) is 6.99. The third kappa shape index (κ3) is 4.60. The van der Waals surface area contributed by atoms with Gasteiger partial charge in [0.15, 0.2) is 0 Å². The predicted molar refractivity (Wildman–Crippen MR) is 70.9 cm³/mol. The van der Waals surface area contributed by atoms with Gasteiger partial charge in [-0.3, -0.25) is 0 Å². The van der Waals surface area contributed by atoms with Gasteiger partial charge in [-0.2, -0.15) is 0 Å². The van der Waals surface area contributed by atoms with E-state index in [1.165, 1.54) is 5.01 Å². The van der Waals surface area contributed by atoms with Gasteiger partial charge in [-0.15, -0.1) is 11.3 Å². The molecule has 92 valence electrons. The third-order valence-corrected chi connectivity index (χ3v) is 3.80. The Balaban J connectivity index is 2.27. The summed E-state index contributed by atoms with van der Waals surface area (Å²) in [4.78, 5) is 6.85. The highest BCUT2D eigenvalue weighted by atomic mass is 32.1. The zero-order valence-electron chi connectivity index (χ0n) is 10.6. The smallest absolute Gasteiger partial charge is 0.0943 e. The van der Waals surface area contributed by atoms with Gasteiger partial charge in [0.2, 0.25) is 0 Å². The number of nitrogens with zero attached hydrogens (tertiary/aromatic N) is 2. The van der Waals surface area contributed by atoms with E-state index in [0.717, 1.165) is 38.2 Å². The Morgan fingerprint density at radius 1 is 1.44 bits per heavy atom. The van der Waals surface area contributed by atoms with Gasteiger partial charge in [-0.1, -0.05) is 13.8 Å². The minimum atomic E-state index is 0.242. The van der Waals surface area contributed by atoms with Crippen molar-refractivity contribution in [3.05, 3.63) is 16.1 Å². The van der Waals surface area contributed by atoms with E-state index in [1.54, 1.807) is 11.3 Å². The van der Waals surface area contributed by atoms with Crippen LogP contribution in [-0.4, -0.2) is 35.6 Å². The fourth-order valence-electron chi connectivity index (χ4n) is 1.71. The van der Waals surface area contributed by atoms with Crippen LogP contribution in [0.1, 0.15) is 31.0 Å². The molecule has 1 heterocycles. The first-order chi connectivity index (χ1) is 7.65. The first kappa shape index (κ1) is 13.6. The zero-order valence-corrected chi connectivity index (χ0v) is 11.4. The SMILES string of the molecule is CCN(CC)CCC(N)Cc1nc(C)cs1. The summed E-state index contributed by atoms with van der Waals surface area (Å²) in [5.41, 5.74) is 7.22. The summed E-state index contributed by atoms with van der Waals surface area (Å²) in [5, 5.41) is 3.26. The molecular weight excluding hydrogens is 218 g/mol. The van der Waals surface area contributed by atoms with Crippen LogP contribution in [-0.2, 0) is 6.42 Å². The van der Waals surface area contributed by atoms with Gasteiger partial charge in [0.05, 0.1) is 5.01 Å². The van der Waals surface area contributed by atoms with E-state index >= 15 is 0 Å². The van der Waals surface area contributed by atoms with Crippen LogP contribution in [0.5, 0.6) is 0 Å². The molecule has 1 unspecified atom stereocenters. The topological polar surface area (TPSA) is 42.1 Å². The average Bonchev–Trinajstić information content (AvgIpc) is 2.65. The lowest BCUT2D eigenvalue weighted by atomic mass is 10.1. The Bertz CT molecular complexity index is 294. The van der Waals surface area contributed by atoms with Crippen molar-refractivity contribution in [1.82, 2.24) is 9.88 Å². The lowest BCUT2D eigenvalue weighted by molar-refractivity contribution is 0.290. The predicted octanol–water partition coefficient (Wildman–Crippen LogP) is 2.05. The molecule has 0 radical (unpaired) electrons. The number of rotatable bonds is 7. The molecule has 1 aromatic rings. The van der Waals surface area contributed by atoms with Crippen molar-refractivity contribution >= 4 is 11.3 Å². The van der Waals surface area contributed by atoms with Gasteiger partial charge in [0.1, 0.15) is 0 Å². The maximum atomic E-state index is 6.11. The molecule has 2 N–H and O–H groups in total. The highest BCUT2D eigenvalue weighted by Crippen LogP contribution is 2.11. The molecule has 0 saturated carbocycles. The average molecular weight is 241 g/mol. The van der Waals surface area contributed by atoms with Crippen LogP contribution in [0.2, 0.25) is 0 Å². The molecule has 0 bridgehead atoms. The van der Waals surface area contributed by atoms with Crippen LogP contribution in [0.4, 0.5) is 0 Å². The van der Waals surface area contributed by atoms with Gasteiger partial charge in [0, 0.05) is 23.5 Å². The number of nitrogens with two attached hydrogens (primary N) is 1. The number of hydrogen-bond acceptors (Lipinski definition) is 4. The Labute approximate surface area is 103 Å². The normalized spacial score (nSPS) is 13.3. The van der Waals surface area contributed by atoms with E-state index in [1.807, 2.05) is 6.92 Å². The second-order valence-electron chi connectivity index (χ2n) is 4.16. The fraction of sp³-hybridized carbons (Fsp3) is 0.750. The number of aromatic nitrogens is 1. The third-order valence-electron chi connectivity index (χ3n) is 2.81. The van der Waals surface area contributed by atoms with Crippen molar-refractivity contribution in [2.75, 3.05) is 19.6 Å². The fourth-order valence-corrected chi connectivity index (χ4v) is 2.58. The molecule has 0 saturated heterocycles. The maximum Gasteiger partial charge on any atom is 0.0943 e. The molecule has 3 nitrogen and oxygen atoms in total. The molecule has 16 heavy (non-hydrogen) atoms. The van der Waals surface area contributed by atoms with Gasteiger partial charge in [-0.25, -0.2) is 4.98 Å². The largest absolute Gasteiger partial charge is 0.327 e. The summed E-state index contributed by atoms with van der Waals surface area (Å²) < 4.78 is 0. The van der Waals surface area contributed by atoms with Crippen molar-refractivity contribution in [3.8, 4) is 0 Å². The van der Waals surface area contributed by atoms with E-state index < -0.39 is 0 Å². The first-order valence-electron chi connectivity index (χ1n) is 6.04. The highest BCUT2D eigenvalue weighted by Gasteiger charge is 2.08. The van der Waals surface area contributed by atoms with Gasteiger partial charge in [0.25, 0.3) is 0 Å². The lowest BCUT2D eigenvalue weighted by Crippen LogP contribution is -2.31. The molecular formula is C12H23N3S. The first-order valence-corrected chi connectivity index (χ1v) is 6.92. The molecule has 1 aromatic heterocycles. The molecule has 0 fully saturated rings. The van der Waals surface area contributed by atoms with Crippen LogP contribution in [0.3, 0.4) is 0 Å². The second-order valence-corrected chi connectivity index (χ2v) is 5.11. The van der Waals surface area contributed by atoms with Crippen molar-refractivity contribution < 1.29 is 0 Å². The lowest BCUT2D eigenvalue weighted by Gasteiger charge is -2.20. The minimum Gasteiger partial charge on any atom is -0.327 e. The Morgan fingerprint density at radius 3 is 2.62 bits per heavy atom. The van der Waals surface area contributed by atoms with Crippen LogP contribution >= 0.6 is 11.3 Å². The standard InChI is InChI=1S/C12H23N3S/c1-4-15(5-2)7-6-11(13)8-12-14-10(3)9-16-12/h9,11H,4-8,13H2,1-3H3. The van der Waals surface area contributed by atoms with Crippen molar-refractivity contribution in [2.45, 2.75) is 39.7 Å².